The average Bonchev–Trinajstić information content (AvgIpc) is 3.26. The first-order chi connectivity index (χ1) is 12.2. The summed E-state index contributed by atoms with van der Waals surface area (Å²) in [6, 6.07) is 5.13. The number of aliphatic hydroxyl groups excluding tert-OH is 1. The number of hydrogen-bond donors (Lipinski definition) is 1. The van der Waals surface area contributed by atoms with Gasteiger partial charge in [0.15, 0.2) is 16.9 Å². The fourth-order valence-electron chi connectivity index (χ4n) is 2.03. The number of benzene rings is 1. The van der Waals surface area contributed by atoms with Crippen molar-refractivity contribution in [1.82, 2.24) is 9.97 Å². The number of aliphatic hydroxyl groups is 1. The molecule has 6 nitrogen and oxygen atoms in total. The number of rotatable bonds is 8. The van der Waals surface area contributed by atoms with Gasteiger partial charge >= 0.3 is 0 Å². The molecule has 1 aromatic carbocycles. The van der Waals surface area contributed by atoms with Gasteiger partial charge in [0.1, 0.15) is 11.3 Å². The molecule has 0 bridgehead atoms. The molecule has 3 rings (SSSR count). The molecule has 25 heavy (non-hydrogen) atoms. The highest BCUT2D eigenvalue weighted by Crippen LogP contribution is 2.23. The highest BCUT2D eigenvalue weighted by Gasteiger charge is 2.10. The highest BCUT2D eigenvalue weighted by molar-refractivity contribution is 7.14. The van der Waals surface area contributed by atoms with Crippen LogP contribution in [0.15, 0.2) is 28.8 Å². The van der Waals surface area contributed by atoms with Crippen LogP contribution in [-0.2, 0) is 0 Å². The molecule has 0 amide bonds. The largest absolute Gasteiger partial charge is 0.493 e. The highest BCUT2D eigenvalue weighted by atomic mass is 32.1. The van der Waals surface area contributed by atoms with Crippen LogP contribution >= 0.6 is 11.3 Å². The van der Waals surface area contributed by atoms with Crippen molar-refractivity contribution in [2.24, 2.45) is 5.92 Å². The van der Waals surface area contributed by atoms with Crippen molar-refractivity contribution in [2.45, 2.75) is 0 Å². The van der Waals surface area contributed by atoms with E-state index in [9.17, 15) is 9.18 Å². The molecular weight excluding hydrogens is 347 g/mol. The number of halogens is 1. The molecule has 0 saturated heterocycles. The summed E-state index contributed by atoms with van der Waals surface area (Å²) >= 11 is 1.27. The number of alkyl halides is 1. The van der Waals surface area contributed by atoms with Crippen LogP contribution in [0, 0.1) is 5.92 Å². The van der Waals surface area contributed by atoms with Gasteiger partial charge in [0.25, 0.3) is 0 Å². The van der Waals surface area contributed by atoms with Crippen LogP contribution < -0.4 is 4.74 Å². The van der Waals surface area contributed by atoms with Gasteiger partial charge in [-0.25, -0.2) is 9.97 Å². The molecule has 0 aliphatic heterocycles. The molecule has 1 N–H and O–H groups in total. The molecular formula is C17H15FN2O4S. The molecule has 8 heteroatoms. The molecule has 0 saturated carbocycles. The number of hydrogen-bond acceptors (Lipinski definition) is 7. The maximum Gasteiger partial charge on any atom is 0.220 e. The summed E-state index contributed by atoms with van der Waals surface area (Å²) in [6.07, 6.45) is 5.75. The van der Waals surface area contributed by atoms with Gasteiger partial charge in [0.2, 0.25) is 5.89 Å². The number of carbonyl (C=O) groups excluding carboxylic acids is 1. The van der Waals surface area contributed by atoms with E-state index >= 15 is 0 Å². The molecule has 130 valence electrons. The molecule has 0 aliphatic carbocycles. The van der Waals surface area contributed by atoms with E-state index in [-0.39, 0.29) is 13.2 Å². The Hall–Kier alpha value is -2.58. The van der Waals surface area contributed by atoms with Gasteiger partial charge in [0.05, 0.1) is 19.9 Å². The second-order valence-corrected chi connectivity index (χ2v) is 6.34. The number of fused-ring (bicyclic) bond motifs is 1. The van der Waals surface area contributed by atoms with Gasteiger partial charge in [-0.1, -0.05) is 0 Å². The molecule has 3 aromatic rings. The van der Waals surface area contributed by atoms with Crippen LogP contribution in [0.1, 0.15) is 20.6 Å². The first-order valence-corrected chi connectivity index (χ1v) is 8.32. The minimum absolute atomic E-state index is 0.0871. The van der Waals surface area contributed by atoms with Crippen LogP contribution in [0.2, 0.25) is 0 Å². The standard InChI is InChI=1S/C17H15FN2O4S/c18-6-11(8-21)10-23-12-1-3-14-15(5-12)24-16(20-14)4-2-13-7-19-17(9-22)25-13/h1-5,7,9,11,21H,6,8,10H2. The Morgan fingerprint density at radius 2 is 2.28 bits per heavy atom. The number of carbonyl (C=O) groups is 1. The van der Waals surface area contributed by atoms with Gasteiger partial charge in [-0.2, -0.15) is 0 Å². The molecule has 0 spiro atoms. The SMILES string of the molecule is O=Cc1ncc(C=Cc2nc3ccc(OCC(CO)CF)cc3o2)s1. The lowest BCUT2D eigenvalue weighted by Gasteiger charge is -2.11. The van der Waals surface area contributed by atoms with E-state index in [1.165, 1.54) is 11.3 Å². The number of oxazole rings is 1. The second kappa shape index (κ2) is 8.00. The van der Waals surface area contributed by atoms with Crippen LogP contribution in [0.5, 0.6) is 5.75 Å². The van der Waals surface area contributed by atoms with Gasteiger partial charge in [-0.05, 0) is 18.2 Å². The summed E-state index contributed by atoms with van der Waals surface area (Å²) in [5, 5.41) is 9.38. The molecule has 1 atom stereocenters. The summed E-state index contributed by atoms with van der Waals surface area (Å²) in [7, 11) is 0. The zero-order chi connectivity index (χ0) is 17.6. The Bertz CT molecular complexity index is 886. The monoisotopic (exact) mass is 362 g/mol. The van der Waals surface area contributed by atoms with Gasteiger partial charge in [-0.15, -0.1) is 11.3 Å². The quantitative estimate of drug-likeness (QED) is 0.619. The lowest BCUT2D eigenvalue weighted by molar-refractivity contribution is 0.112. The first-order valence-electron chi connectivity index (χ1n) is 7.51. The zero-order valence-corrected chi connectivity index (χ0v) is 13.9. The first kappa shape index (κ1) is 17.2. The van der Waals surface area contributed by atoms with Crippen molar-refractivity contribution in [2.75, 3.05) is 19.9 Å². The number of aldehydes is 1. The molecule has 2 heterocycles. The van der Waals surface area contributed by atoms with Crippen molar-refractivity contribution in [3.63, 3.8) is 0 Å². The smallest absolute Gasteiger partial charge is 0.220 e. The van der Waals surface area contributed by atoms with Crippen LogP contribution in [0.3, 0.4) is 0 Å². The summed E-state index contributed by atoms with van der Waals surface area (Å²) in [5.74, 6) is 0.383. The lowest BCUT2D eigenvalue weighted by Crippen LogP contribution is -2.17. The maximum atomic E-state index is 12.6. The van der Waals surface area contributed by atoms with Crippen molar-refractivity contribution in [3.8, 4) is 5.75 Å². The Morgan fingerprint density at radius 1 is 1.40 bits per heavy atom. The molecule has 0 aliphatic rings. The summed E-state index contributed by atoms with van der Waals surface area (Å²) < 4.78 is 23.7. The Morgan fingerprint density at radius 3 is 3.00 bits per heavy atom. The van der Waals surface area contributed by atoms with E-state index in [1.54, 1.807) is 36.5 Å². The zero-order valence-electron chi connectivity index (χ0n) is 13.1. The Balaban J connectivity index is 1.72. The molecule has 0 fully saturated rings. The number of nitrogens with zero attached hydrogens (tertiary/aromatic N) is 2. The van der Waals surface area contributed by atoms with Crippen molar-refractivity contribution >= 4 is 40.9 Å². The average molecular weight is 362 g/mol. The van der Waals surface area contributed by atoms with E-state index in [0.29, 0.717) is 34.0 Å². The molecule has 1 unspecified atom stereocenters. The van der Waals surface area contributed by atoms with E-state index in [2.05, 4.69) is 9.97 Å². The van der Waals surface area contributed by atoms with E-state index < -0.39 is 12.6 Å². The predicted molar refractivity (Wildman–Crippen MR) is 92.5 cm³/mol. The van der Waals surface area contributed by atoms with Gasteiger partial charge in [-0.3, -0.25) is 9.18 Å². The number of thiazole rings is 1. The number of aromatic nitrogens is 2. The Kier molecular flexibility index (Phi) is 5.52. The van der Waals surface area contributed by atoms with Crippen molar-refractivity contribution in [1.29, 1.82) is 0 Å². The maximum absolute atomic E-state index is 12.6. The second-order valence-electron chi connectivity index (χ2n) is 5.25. The normalized spacial score (nSPS) is 12.7. The van der Waals surface area contributed by atoms with Crippen LogP contribution in [0.4, 0.5) is 4.39 Å². The van der Waals surface area contributed by atoms with Crippen LogP contribution in [-0.4, -0.2) is 41.2 Å². The lowest BCUT2D eigenvalue weighted by atomic mass is 10.2. The molecule has 2 aromatic heterocycles. The predicted octanol–water partition coefficient (Wildman–Crippen LogP) is 3.22. The third kappa shape index (κ3) is 4.28. The van der Waals surface area contributed by atoms with E-state index in [4.69, 9.17) is 14.3 Å². The Labute approximate surface area is 146 Å². The minimum atomic E-state index is -0.639. The van der Waals surface area contributed by atoms with E-state index in [1.807, 2.05) is 0 Å². The fraction of sp³-hybridized carbons (Fsp3) is 0.235. The van der Waals surface area contributed by atoms with Gasteiger partial charge in [0, 0.05) is 29.1 Å². The summed E-state index contributed by atoms with van der Waals surface area (Å²) in [5.41, 5.74) is 1.20. The van der Waals surface area contributed by atoms with Gasteiger partial charge < -0.3 is 14.3 Å². The topological polar surface area (TPSA) is 85.5 Å². The summed E-state index contributed by atoms with van der Waals surface area (Å²) in [6.45, 7) is -0.817. The third-order valence-electron chi connectivity index (χ3n) is 3.37. The fourth-order valence-corrected chi connectivity index (χ4v) is 2.67. The van der Waals surface area contributed by atoms with E-state index in [0.717, 1.165) is 4.88 Å². The van der Waals surface area contributed by atoms with Crippen LogP contribution in [0.25, 0.3) is 23.3 Å². The summed E-state index contributed by atoms with van der Waals surface area (Å²) in [4.78, 5) is 19.7. The molecule has 0 radical (unpaired) electrons. The third-order valence-corrected chi connectivity index (χ3v) is 4.26. The van der Waals surface area contributed by atoms with Crippen molar-refractivity contribution in [3.05, 3.63) is 40.2 Å². The van der Waals surface area contributed by atoms with Crippen molar-refractivity contribution < 1.29 is 23.4 Å². The minimum Gasteiger partial charge on any atom is -0.493 e. The number of ether oxygens (including phenoxy) is 1.